The van der Waals surface area contributed by atoms with E-state index in [1.807, 2.05) is 6.07 Å². The first-order chi connectivity index (χ1) is 12.1. The number of aryl methyl sites for hydroxylation is 1. The van der Waals surface area contributed by atoms with Gasteiger partial charge in [-0.1, -0.05) is 30.3 Å². The molecule has 0 aliphatic carbocycles. The maximum Gasteiger partial charge on any atom is 0.222 e. The number of methoxy groups -OCH3 is 1. The van der Waals surface area contributed by atoms with Crippen LogP contribution in [0.4, 0.5) is 0 Å². The fourth-order valence-corrected chi connectivity index (χ4v) is 4.75. The van der Waals surface area contributed by atoms with Crippen molar-refractivity contribution in [3.05, 3.63) is 35.9 Å². The Hall–Kier alpha value is -1.39. The number of likely N-dealkylation sites (tertiary alicyclic amines) is 2. The lowest BCUT2D eigenvalue weighted by atomic mass is 9.71. The van der Waals surface area contributed by atoms with Gasteiger partial charge in [-0.15, -0.1) is 0 Å². The van der Waals surface area contributed by atoms with Gasteiger partial charge in [0.25, 0.3) is 0 Å². The summed E-state index contributed by atoms with van der Waals surface area (Å²) in [5.41, 5.74) is 1.68. The second-order valence-corrected chi connectivity index (χ2v) is 7.93. The molecule has 1 aromatic carbocycles. The molecule has 4 nitrogen and oxygen atoms in total. The smallest absolute Gasteiger partial charge is 0.222 e. The predicted octanol–water partition coefficient (Wildman–Crippen LogP) is 2.83. The van der Waals surface area contributed by atoms with Crippen molar-refractivity contribution in [3.8, 4) is 0 Å². The number of hydrogen-bond donors (Lipinski definition) is 0. The van der Waals surface area contributed by atoms with Crippen molar-refractivity contribution in [1.29, 1.82) is 0 Å². The molecule has 1 spiro atoms. The molecule has 0 N–H and O–H groups in total. The first-order valence-electron chi connectivity index (χ1n) is 9.62. The second kappa shape index (κ2) is 8.33. The molecule has 1 aromatic rings. The molecular formula is C21H32N2O2. The number of carbonyl (C=O) groups is 1. The third-order valence-corrected chi connectivity index (χ3v) is 6.16. The van der Waals surface area contributed by atoms with Crippen molar-refractivity contribution < 1.29 is 9.53 Å². The summed E-state index contributed by atoms with van der Waals surface area (Å²) in [5.74, 6) is 0.943. The molecule has 1 atom stereocenters. The molecule has 1 amide bonds. The Bertz CT molecular complexity index is 552. The van der Waals surface area contributed by atoms with E-state index in [4.69, 9.17) is 4.74 Å². The second-order valence-electron chi connectivity index (χ2n) is 7.93. The van der Waals surface area contributed by atoms with Crippen molar-refractivity contribution in [1.82, 2.24) is 9.80 Å². The average molecular weight is 344 g/mol. The monoisotopic (exact) mass is 344 g/mol. The van der Waals surface area contributed by atoms with Crippen LogP contribution in [0.25, 0.3) is 0 Å². The van der Waals surface area contributed by atoms with E-state index in [1.165, 1.54) is 5.56 Å². The molecule has 2 saturated heterocycles. The Morgan fingerprint density at radius 2 is 1.96 bits per heavy atom. The van der Waals surface area contributed by atoms with Crippen LogP contribution in [0.5, 0.6) is 0 Å². The first kappa shape index (κ1) is 18.4. The van der Waals surface area contributed by atoms with E-state index in [-0.39, 0.29) is 0 Å². The average Bonchev–Trinajstić information content (AvgIpc) is 2.91. The van der Waals surface area contributed by atoms with Gasteiger partial charge >= 0.3 is 0 Å². The highest BCUT2D eigenvalue weighted by atomic mass is 16.5. The van der Waals surface area contributed by atoms with Crippen LogP contribution in [0.1, 0.15) is 31.2 Å². The van der Waals surface area contributed by atoms with Gasteiger partial charge in [-0.25, -0.2) is 0 Å². The van der Waals surface area contributed by atoms with Crippen LogP contribution in [0.3, 0.4) is 0 Å². The van der Waals surface area contributed by atoms with Gasteiger partial charge in [0.05, 0.1) is 6.61 Å². The Kier molecular flexibility index (Phi) is 6.13. The van der Waals surface area contributed by atoms with Gasteiger partial charge < -0.3 is 14.5 Å². The maximum absolute atomic E-state index is 12.6. The lowest BCUT2D eigenvalue weighted by Crippen LogP contribution is -2.47. The lowest BCUT2D eigenvalue weighted by molar-refractivity contribution is -0.134. The summed E-state index contributed by atoms with van der Waals surface area (Å²) in [6.45, 7) is 4.95. The summed E-state index contributed by atoms with van der Waals surface area (Å²) in [4.78, 5) is 17.1. The van der Waals surface area contributed by atoms with Crippen LogP contribution >= 0.6 is 0 Å². The van der Waals surface area contributed by atoms with Gasteiger partial charge in [0.1, 0.15) is 0 Å². The highest BCUT2D eigenvalue weighted by molar-refractivity contribution is 5.76. The van der Waals surface area contributed by atoms with E-state index in [9.17, 15) is 4.79 Å². The van der Waals surface area contributed by atoms with Gasteiger partial charge in [-0.05, 0) is 43.7 Å². The quantitative estimate of drug-likeness (QED) is 0.795. The Morgan fingerprint density at radius 3 is 2.64 bits per heavy atom. The van der Waals surface area contributed by atoms with E-state index in [0.717, 1.165) is 58.5 Å². The molecule has 2 aliphatic heterocycles. The first-order valence-corrected chi connectivity index (χ1v) is 9.62. The minimum atomic E-state index is 0.334. The molecule has 4 heteroatoms. The standard InChI is InChI=1S/C21H32N2O2/c1-22-15-19(16-25-2)21(17-22)11-13-23(14-12-21)20(24)10-6-9-18-7-4-3-5-8-18/h3-5,7-8,19H,6,9-17H2,1-2H3. The third kappa shape index (κ3) is 4.42. The van der Waals surface area contributed by atoms with Gasteiger partial charge in [0.2, 0.25) is 5.91 Å². The highest BCUT2D eigenvalue weighted by Crippen LogP contribution is 2.44. The molecule has 2 heterocycles. The molecule has 1 unspecified atom stereocenters. The number of nitrogens with zero attached hydrogens (tertiary/aromatic N) is 2. The van der Waals surface area contributed by atoms with Gasteiger partial charge in [0, 0.05) is 45.6 Å². The summed E-state index contributed by atoms with van der Waals surface area (Å²) in [6, 6.07) is 10.4. The fraction of sp³-hybridized carbons (Fsp3) is 0.667. The van der Waals surface area contributed by atoms with E-state index in [2.05, 4.69) is 41.1 Å². The number of ether oxygens (including phenoxy) is 1. The van der Waals surface area contributed by atoms with E-state index in [1.54, 1.807) is 7.11 Å². The SMILES string of the molecule is COCC1CN(C)CC12CCN(C(=O)CCCc1ccccc1)CC2. The Morgan fingerprint density at radius 1 is 1.24 bits per heavy atom. The van der Waals surface area contributed by atoms with E-state index >= 15 is 0 Å². The number of piperidine rings is 1. The number of carbonyl (C=O) groups excluding carboxylic acids is 1. The van der Waals surface area contributed by atoms with Crippen LogP contribution in [-0.2, 0) is 16.0 Å². The van der Waals surface area contributed by atoms with Crippen molar-refractivity contribution in [3.63, 3.8) is 0 Å². The van der Waals surface area contributed by atoms with Gasteiger partial charge in [-0.2, -0.15) is 0 Å². The number of benzene rings is 1. The zero-order valence-corrected chi connectivity index (χ0v) is 15.7. The largest absolute Gasteiger partial charge is 0.384 e. The molecule has 0 bridgehead atoms. The number of amides is 1. The molecule has 3 rings (SSSR count). The molecule has 0 radical (unpaired) electrons. The molecule has 0 aromatic heterocycles. The van der Waals surface area contributed by atoms with Crippen LogP contribution < -0.4 is 0 Å². The van der Waals surface area contributed by atoms with E-state index in [0.29, 0.717) is 23.7 Å². The van der Waals surface area contributed by atoms with Gasteiger partial charge in [-0.3, -0.25) is 4.79 Å². The molecule has 2 aliphatic rings. The summed E-state index contributed by atoms with van der Waals surface area (Å²) < 4.78 is 5.46. The maximum atomic E-state index is 12.6. The van der Waals surface area contributed by atoms with Crippen LogP contribution in [0.15, 0.2) is 30.3 Å². The Labute approximate surface area is 152 Å². The zero-order chi connectivity index (χ0) is 17.7. The normalized spacial score (nSPS) is 23.3. The minimum Gasteiger partial charge on any atom is -0.384 e. The van der Waals surface area contributed by atoms with Crippen molar-refractivity contribution >= 4 is 5.91 Å². The topological polar surface area (TPSA) is 32.8 Å². The molecular weight excluding hydrogens is 312 g/mol. The fourth-order valence-electron chi connectivity index (χ4n) is 4.75. The molecule has 25 heavy (non-hydrogen) atoms. The predicted molar refractivity (Wildman–Crippen MR) is 100 cm³/mol. The number of rotatable bonds is 6. The van der Waals surface area contributed by atoms with Crippen molar-refractivity contribution in [2.45, 2.75) is 32.1 Å². The summed E-state index contributed by atoms with van der Waals surface area (Å²) in [6.07, 6.45) is 4.85. The summed E-state index contributed by atoms with van der Waals surface area (Å²) in [7, 11) is 4.01. The van der Waals surface area contributed by atoms with Crippen LogP contribution in [0, 0.1) is 11.3 Å². The van der Waals surface area contributed by atoms with Crippen LogP contribution in [-0.4, -0.2) is 62.7 Å². The minimum absolute atomic E-state index is 0.334. The summed E-state index contributed by atoms with van der Waals surface area (Å²) in [5, 5.41) is 0. The summed E-state index contributed by atoms with van der Waals surface area (Å²) >= 11 is 0. The molecule has 138 valence electrons. The van der Waals surface area contributed by atoms with Crippen LogP contribution in [0.2, 0.25) is 0 Å². The van der Waals surface area contributed by atoms with E-state index < -0.39 is 0 Å². The van der Waals surface area contributed by atoms with Crippen molar-refractivity contribution in [2.75, 3.05) is 46.9 Å². The zero-order valence-electron chi connectivity index (χ0n) is 15.7. The Balaban J connectivity index is 1.46. The van der Waals surface area contributed by atoms with Gasteiger partial charge in [0.15, 0.2) is 0 Å². The molecule has 2 fully saturated rings. The number of hydrogen-bond acceptors (Lipinski definition) is 3. The highest BCUT2D eigenvalue weighted by Gasteiger charge is 2.47. The van der Waals surface area contributed by atoms with Crippen molar-refractivity contribution in [2.24, 2.45) is 11.3 Å². The lowest BCUT2D eigenvalue weighted by Gasteiger charge is -2.42. The third-order valence-electron chi connectivity index (χ3n) is 6.16. The molecule has 0 saturated carbocycles.